The molecule has 20 heavy (non-hydrogen) atoms. The minimum atomic E-state index is -3.80. The summed E-state index contributed by atoms with van der Waals surface area (Å²) in [6, 6.07) is 9.25. The van der Waals surface area contributed by atoms with Crippen molar-refractivity contribution in [3.8, 4) is 6.07 Å². The van der Waals surface area contributed by atoms with Gasteiger partial charge in [-0.2, -0.15) is 5.26 Å². The first-order valence-electron chi connectivity index (χ1n) is 5.26. The summed E-state index contributed by atoms with van der Waals surface area (Å²) in [5.41, 5.74) is 0.407. The van der Waals surface area contributed by atoms with Gasteiger partial charge in [0.15, 0.2) is 0 Å². The van der Waals surface area contributed by atoms with E-state index in [4.69, 9.17) is 16.9 Å². The Morgan fingerprint density at radius 1 is 1.30 bits per heavy atom. The summed E-state index contributed by atoms with van der Waals surface area (Å²) in [6.45, 7) is 0. The minimum absolute atomic E-state index is 0.0458. The molecule has 0 bridgehead atoms. The van der Waals surface area contributed by atoms with E-state index in [0.29, 0.717) is 0 Å². The molecule has 1 heterocycles. The number of anilines is 1. The third-order valence-corrected chi connectivity index (χ3v) is 4.49. The van der Waals surface area contributed by atoms with E-state index >= 15 is 0 Å². The smallest absolute Gasteiger partial charge is 0.263 e. The molecule has 1 N–H and O–H groups in total. The zero-order valence-electron chi connectivity index (χ0n) is 9.84. The molecule has 0 fully saturated rings. The molecular weight excluding hydrogens is 366 g/mol. The highest BCUT2D eigenvalue weighted by Crippen LogP contribution is 2.27. The van der Waals surface area contributed by atoms with Crippen molar-refractivity contribution in [1.82, 2.24) is 4.98 Å². The van der Waals surface area contributed by atoms with Crippen molar-refractivity contribution in [3.63, 3.8) is 0 Å². The second kappa shape index (κ2) is 5.79. The molecule has 0 saturated carbocycles. The third-order valence-electron chi connectivity index (χ3n) is 2.34. The highest BCUT2D eigenvalue weighted by atomic mass is 79.9. The van der Waals surface area contributed by atoms with Crippen molar-refractivity contribution in [2.75, 3.05) is 4.72 Å². The predicted molar refractivity (Wildman–Crippen MR) is 78.9 cm³/mol. The molecule has 8 heteroatoms. The number of halogens is 2. The maximum Gasteiger partial charge on any atom is 0.263 e. The zero-order chi connectivity index (χ0) is 14.8. The molecule has 0 unspecified atom stereocenters. The SMILES string of the molecule is N#Cc1ccc(S(=O)(=O)Nc2ccc(Br)cc2Cl)cn1. The molecule has 2 rings (SSSR count). The molecule has 2 aromatic rings. The summed E-state index contributed by atoms with van der Waals surface area (Å²) in [6.07, 6.45) is 1.12. The van der Waals surface area contributed by atoms with E-state index in [0.717, 1.165) is 10.7 Å². The average molecular weight is 373 g/mol. The third kappa shape index (κ3) is 3.28. The minimum Gasteiger partial charge on any atom is -0.278 e. The number of nitrogens with zero attached hydrogens (tertiary/aromatic N) is 2. The lowest BCUT2D eigenvalue weighted by atomic mass is 10.3. The Balaban J connectivity index is 2.33. The van der Waals surface area contributed by atoms with Crippen molar-refractivity contribution >= 4 is 43.2 Å². The molecule has 1 aromatic heterocycles. The Morgan fingerprint density at radius 2 is 2.05 bits per heavy atom. The molecule has 102 valence electrons. The molecule has 1 aromatic carbocycles. The van der Waals surface area contributed by atoms with Crippen LogP contribution in [0.2, 0.25) is 5.02 Å². The van der Waals surface area contributed by atoms with Crippen molar-refractivity contribution in [2.24, 2.45) is 0 Å². The largest absolute Gasteiger partial charge is 0.278 e. The standard InChI is InChI=1S/C12H7BrClN3O2S/c13-8-1-4-12(11(14)5-8)17-20(18,19)10-3-2-9(6-15)16-7-10/h1-5,7,17H. The van der Waals surface area contributed by atoms with Gasteiger partial charge in [0.1, 0.15) is 16.7 Å². The van der Waals surface area contributed by atoms with Crippen LogP contribution < -0.4 is 4.72 Å². The number of rotatable bonds is 3. The van der Waals surface area contributed by atoms with Gasteiger partial charge in [0.05, 0.1) is 10.7 Å². The summed E-state index contributed by atoms with van der Waals surface area (Å²) in [5, 5.41) is 8.90. The van der Waals surface area contributed by atoms with Gasteiger partial charge in [0.2, 0.25) is 0 Å². The average Bonchev–Trinajstić information content (AvgIpc) is 2.42. The number of hydrogen-bond acceptors (Lipinski definition) is 4. The second-order valence-corrected chi connectivity index (χ2v) is 6.73. The van der Waals surface area contributed by atoms with Gasteiger partial charge in [0.25, 0.3) is 10.0 Å². The van der Waals surface area contributed by atoms with Gasteiger partial charge in [-0.3, -0.25) is 4.72 Å². The van der Waals surface area contributed by atoms with Gasteiger partial charge in [-0.1, -0.05) is 27.5 Å². The molecule has 0 saturated heterocycles. The number of sulfonamides is 1. The van der Waals surface area contributed by atoms with Crippen LogP contribution in [0.15, 0.2) is 45.9 Å². The van der Waals surface area contributed by atoms with Crippen molar-refractivity contribution < 1.29 is 8.42 Å². The van der Waals surface area contributed by atoms with Gasteiger partial charge in [-0.25, -0.2) is 13.4 Å². The first-order valence-corrected chi connectivity index (χ1v) is 7.92. The molecular formula is C12H7BrClN3O2S. The first kappa shape index (κ1) is 14.8. The number of nitrogens with one attached hydrogen (secondary N) is 1. The Morgan fingerprint density at radius 3 is 2.60 bits per heavy atom. The number of nitriles is 1. The van der Waals surface area contributed by atoms with E-state index in [2.05, 4.69) is 25.6 Å². The molecule has 0 spiro atoms. The molecule has 0 amide bonds. The molecule has 0 atom stereocenters. The van der Waals surface area contributed by atoms with Crippen molar-refractivity contribution in [3.05, 3.63) is 51.7 Å². The molecule has 0 aliphatic heterocycles. The summed E-state index contributed by atoms with van der Waals surface area (Å²) >= 11 is 9.19. The molecule has 0 aliphatic carbocycles. The summed E-state index contributed by atoms with van der Waals surface area (Å²) < 4.78 is 27.4. The summed E-state index contributed by atoms with van der Waals surface area (Å²) in [5.74, 6) is 0. The zero-order valence-corrected chi connectivity index (χ0v) is 13.0. The lowest BCUT2D eigenvalue weighted by Gasteiger charge is -2.09. The fourth-order valence-electron chi connectivity index (χ4n) is 1.38. The van der Waals surface area contributed by atoms with Crippen LogP contribution in [-0.2, 0) is 10.0 Å². The van der Waals surface area contributed by atoms with E-state index in [1.807, 2.05) is 6.07 Å². The van der Waals surface area contributed by atoms with Crippen LogP contribution in [0, 0.1) is 11.3 Å². The highest BCUT2D eigenvalue weighted by Gasteiger charge is 2.16. The second-order valence-electron chi connectivity index (χ2n) is 3.72. The lowest BCUT2D eigenvalue weighted by Crippen LogP contribution is -2.13. The fraction of sp³-hybridized carbons (Fsp3) is 0. The Hall–Kier alpha value is -1.62. The van der Waals surface area contributed by atoms with E-state index in [9.17, 15) is 8.42 Å². The maximum atomic E-state index is 12.1. The fourth-order valence-corrected chi connectivity index (χ4v) is 3.18. The predicted octanol–water partition coefficient (Wildman–Crippen LogP) is 3.17. The molecule has 0 radical (unpaired) electrons. The Kier molecular flexibility index (Phi) is 4.28. The van der Waals surface area contributed by atoms with Gasteiger partial charge in [-0.15, -0.1) is 0 Å². The number of hydrogen-bond donors (Lipinski definition) is 1. The van der Waals surface area contributed by atoms with Crippen LogP contribution in [0.3, 0.4) is 0 Å². The monoisotopic (exact) mass is 371 g/mol. The van der Waals surface area contributed by atoms with E-state index < -0.39 is 10.0 Å². The van der Waals surface area contributed by atoms with Crippen LogP contribution in [0.5, 0.6) is 0 Å². The first-order chi connectivity index (χ1) is 9.42. The van der Waals surface area contributed by atoms with Gasteiger partial charge < -0.3 is 0 Å². The van der Waals surface area contributed by atoms with Crippen LogP contribution >= 0.6 is 27.5 Å². The number of aromatic nitrogens is 1. The van der Waals surface area contributed by atoms with Gasteiger partial charge >= 0.3 is 0 Å². The molecule has 0 aliphatic rings. The topological polar surface area (TPSA) is 82.8 Å². The number of pyridine rings is 1. The lowest BCUT2D eigenvalue weighted by molar-refractivity contribution is 0.601. The van der Waals surface area contributed by atoms with E-state index in [1.54, 1.807) is 18.2 Å². The quantitative estimate of drug-likeness (QED) is 0.897. The Labute approximate surface area is 129 Å². The van der Waals surface area contributed by atoms with Gasteiger partial charge in [0, 0.05) is 10.7 Å². The highest BCUT2D eigenvalue weighted by molar-refractivity contribution is 9.10. The molecule has 5 nitrogen and oxygen atoms in total. The normalized spacial score (nSPS) is 10.8. The summed E-state index contributed by atoms with van der Waals surface area (Å²) in [7, 11) is -3.80. The van der Waals surface area contributed by atoms with Gasteiger partial charge in [-0.05, 0) is 30.3 Å². The van der Waals surface area contributed by atoms with Crippen molar-refractivity contribution in [1.29, 1.82) is 5.26 Å². The maximum absolute atomic E-state index is 12.1. The van der Waals surface area contributed by atoms with E-state index in [1.165, 1.54) is 12.1 Å². The Bertz CT molecular complexity index is 785. The number of benzene rings is 1. The summed E-state index contributed by atoms with van der Waals surface area (Å²) in [4.78, 5) is 3.68. The van der Waals surface area contributed by atoms with Crippen LogP contribution in [0.25, 0.3) is 0 Å². The van der Waals surface area contributed by atoms with E-state index in [-0.39, 0.29) is 21.3 Å². The van der Waals surface area contributed by atoms with Crippen molar-refractivity contribution in [2.45, 2.75) is 4.90 Å². The van der Waals surface area contributed by atoms with Crippen LogP contribution in [-0.4, -0.2) is 13.4 Å². The van der Waals surface area contributed by atoms with Crippen LogP contribution in [0.1, 0.15) is 5.69 Å². The van der Waals surface area contributed by atoms with Crippen LogP contribution in [0.4, 0.5) is 5.69 Å².